The Bertz CT molecular complexity index is 572. The van der Waals surface area contributed by atoms with Crippen molar-refractivity contribution in [3.8, 4) is 5.75 Å². The van der Waals surface area contributed by atoms with Crippen molar-refractivity contribution in [1.82, 2.24) is 4.98 Å². The van der Waals surface area contributed by atoms with Gasteiger partial charge in [-0.2, -0.15) is 0 Å². The van der Waals surface area contributed by atoms with E-state index in [1.54, 1.807) is 12.1 Å². The first-order valence-electron chi connectivity index (χ1n) is 5.66. The lowest BCUT2D eigenvalue weighted by Gasteiger charge is -2.18. The van der Waals surface area contributed by atoms with E-state index in [0.29, 0.717) is 5.39 Å². The molecular formula is C13H17ClN2O2. The maximum absolute atomic E-state index is 9.83. The number of hydrogen-bond donors (Lipinski definition) is 2. The third-order valence-electron chi connectivity index (χ3n) is 3.31. The molecule has 0 bridgehead atoms. The lowest BCUT2D eigenvalue weighted by molar-refractivity contribution is 0.481. The van der Waals surface area contributed by atoms with Crippen molar-refractivity contribution in [3.63, 3.8) is 0 Å². The normalized spacial score (nSPS) is 13.3. The number of rotatable bonds is 0. The number of hydrogen-bond acceptors (Lipinski definition) is 3. The number of aryl methyl sites for hydroxylation is 1. The Morgan fingerprint density at radius 2 is 1.89 bits per heavy atom. The maximum atomic E-state index is 9.83. The monoisotopic (exact) mass is 268 g/mol. The first-order chi connectivity index (χ1) is 7.77. The van der Waals surface area contributed by atoms with E-state index in [2.05, 4.69) is 4.98 Å². The summed E-state index contributed by atoms with van der Waals surface area (Å²) >= 11 is 0. The quantitative estimate of drug-likeness (QED) is 0.766. The standard InChI is InChI=1S/C13H14N2O.ClH.H2O/c14-13-8-4-1-2-5-9(8)15-10-6-3-7-11(16)12(10)13;;/h3,6-7,16H,1-2,4-5H2,(H2,14,15);1H;1H2. The van der Waals surface area contributed by atoms with E-state index in [-0.39, 0.29) is 23.6 Å². The fourth-order valence-corrected chi connectivity index (χ4v) is 2.50. The SMILES string of the molecule is Cl.Nc1c2c(nc3cccc(O)c13)CCCC2.O. The largest absolute Gasteiger partial charge is 0.507 e. The van der Waals surface area contributed by atoms with Crippen LogP contribution in [-0.2, 0) is 12.8 Å². The second-order valence-electron chi connectivity index (χ2n) is 4.33. The number of anilines is 1. The van der Waals surface area contributed by atoms with E-state index in [9.17, 15) is 5.11 Å². The van der Waals surface area contributed by atoms with Gasteiger partial charge in [0, 0.05) is 11.4 Å². The fraction of sp³-hybridized carbons (Fsp3) is 0.308. The average molecular weight is 269 g/mol. The van der Waals surface area contributed by atoms with Crippen LogP contribution < -0.4 is 5.73 Å². The number of halogens is 1. The smallest absolute Gasteiger partial charge is 0.127 e. The summed E-state index contributed by atoms with van der Waals surface area (Å²) in [4.78, 5) is 4.60. The summed E-state index contributed by atoms with van der Waals surface area (Å²) in [5, 5.41) is 10.5. The molecule has 0 fully saturated rings. The third kappa shape index (κ3) is 2.09. The summed E-state index contributed by atoms with van der Waals surface area (Å²) < 4.78 is 0. The Kier molecular flexibility index (Phi) is 4.38. The van der Waals surface area contributed by atoms with Gasteiger partial charge in [-0.3, -0.25) is 4.98 Å². The molecule has 0 atom stereocenters. The van der Waals surface area contributed by atoms with Gasteiger partial charge in [0.2, 0.25) is 0 Å². The fourth-order valence-electron chi connectivity index (χ4n) is 2.50. The molecule has 1 heterocycles. The van der Waals surface area contributed by atoms with Gasteiger partial charge in [-0.25, -0.2) is 0 Å². The molecular weight excluding hydrogens is 252 g/mol. The molecule has 5 N–H and O–H groups in total. The lowest BCUT2D eigenvalue weighted by Crippen LogP contribution is -2.09. The molecule has 18 heavy (non-hydrogen) atoms. The molecule has 2 aromatic rings. The number of pyridine rings is 1. The zero-order chi connectivity index (χ0) is 11.1. The third-order valence-corrected chi connectivity index (χ3v) is 3.31. The minimum absolute atomic E-state index is 0. The number of nitrogen functional groups attached to an aromatic ring is 1. The van der Waals surface area contributed by atoms with Gasteiger partial charge in [0.05, 0.1) is 10.9 Å². The van der Waals surface area contributed by atoms with E-state index in [4.69, 9.17) is 5.73 Å². The van der Waals surface area contributed by atoms with Crippen LogP contribution in [0.25, 0.3) is 10.9 Å². The second kappa shape index (κ2) is 5.42. The molecule has 3 rings (SSSR count). The number of fused-ring (bicyclic) bond motifs is 2. The highest BCUT2D eigenvalue weighted by Crippen LogP contribution is 2.35. The van der Waals surface area contributed by atoms with Gasteiger partial charge in [-0.05, 0) is 43.4 Å². The Morgan fingerprint density at radius 3 is 2.67 bits per heavy atom. The molecule has 1 aromatic heterocycles. The predicted molar refractivity (Wildman–Crippen MR) is 75.3 cm³/mol. The molecule has 0 amide bonds. The average Bonchev–Trinajstić information content (AvgIpc) is 2.29. The molecule has 0 saturated carbocycles. The van der Waals surface area contributed by atoms with Crippen LogP contribution in [0.4, 0.5) is 5.69 Å². The highest BCUT2D eigenvalue weighted by molar-refractivity contribution is 5.97. The lowest BCUT2D eigenvalue weighted by atomic mass is 9.93. The topological polar surface area (TPSA) is 90.6 Å². The maximum Gasteiger partial charge on any atom is 0.127 e. The van der Waals surface area contributed by atoms with E-state index in [1.165, 1.54) is 6.42 Å². The van der Waals surface area contributed by atoms with Crippen LogP contribution >= 0.6 is 12.4 Å². The Morgan fingerprint density at radius 1 is 1.17 bits per heavy atom. The van der Waals surface area contributed by atoms with E-state index < -0.39 is 0 Å². The van der Waals surface area contributed by atoms with E-state index in [1.807, 2.05) is 6.07 Å². The van der Waals surface area contributed by atoms with Gasteiger partial charge in [0.1, 0.15) is 5.75 Å². The van der Waals surface area contributed by atoms with Crippen LogP contribution in [0.2, 0.25) is 0 Å². The van der Waals surface area contributed by atoms with Crippen molar-refractivity contribution < 1.29 is 10.6 Å². The summed E-state index contributed by atoms with van der Waals surface area (Å²) in [5.41, 5.74) is 9.92. The molecule has 4 nitrogen and oxygen atoms in total. The first-order valence-corrected chi connectivity index (χ1v) is 5.66. The van der Waals surface area contributed by atoms with Crippen LogP contribution in [0.15, 0.2) is 18.2 Å². The van der Waals surface area contributed by atoms with Gasteiger partial charge < -0.3 is 16.3 Å². The van der Waals surface area contributed by atoms with Crippen LogP contribution in [0, 0.1) is 0 Å². The summed E-state index contributed by atoms with van der Waals surface area (Å²) in [6, 6.07) is 5.37. The number of nitrogens with zero attached hydrogens (tertiary/aromatic N) is 1. The van der Waals surface area contributed by atoms with E-state index >= 15 is 0 Å². The number of aromatic hydroxyl groups is 1. The number of phenols is 1. The number of benzene rings is 1. The Labute approximate surface area is 112 Å². The molecule has 0 radical (unpaired) electrons. The van der Waals surface area contributed by atoms with Gasteiger partial charge >= 0.3 is 0 Å². The minimum atomic E-state index is 0. The van der Waals surface area contributed by atoms with Crippen LogP contribution in [0.1, 0.15) is 24.1 Å². The molecule has 0 saturated heterocycles. The highest BCUT2D eigenvalue weighted by atomic mass is 35.5. The molecule has 0 aliphatic heterocycles. The van der Waals surface area contributed by atoms with Gasteiger partial charge in [0.25, 0.3) is 0 Å². The Hall–Kier alpha value is -1.52. The van der Waals surface area contributed by atoms with Crippen molar-refractivity contribution in [3.05, 3.63) is 29.5 Å². The van der Waals surface area contributed by atoms with Crippen molar-refractivity contribution in [2.75, 3.05) is 5.73 Å². The molecule has 0 spiro atoms. The second-order valence-corrected chi connectivity index (χ2v) is 4.33. The molecule has 1 aromatic carbocycles. The summed E-state index contributed by atoms with van der Waals surface area (Å²) in [6.07, 6.45) is 4.34. The van der Waals surface area contributed by atoms with Crippen LogP contribution in [0.5, 0.6) is 5.75 Å². The van der Waals surface area contributed by atoms with Gasteiger partial charge in [0.15, 0.2) is 0 Å². The predicted octanol–water partition coefficient (Wildman–Crippen LogP) is 2.00. The summed E-state index contributed by atoms with van der Waals surface area (Å²) in [5.74, 6) is 0.232. The molecule has 1 aliphatic carbocycles. The number of aromatic nitrogens is 1. The molecule has 0 unspecified atom stereocenters. The van der Waals surface area contributed by atoms with Crippen LogP contribution in [0.3, 0.4) is 0 Å². The first kappa shape index (κ1) is 14.5. The zero-order valence-corrected chi connectivity index (χ0v) is 10.8. The molecule has 5 heteroatoms. The number of phenolic OH excluding ortho intramolecular Hbond substituents is 1. The van der Waals surface area contributed by atoms with Crippen molar-refractivity contribution in [1.29, 1.82) is 0 Å². The summed E-state index contributed by atoms with van der Waals surface area (Å²) in [7, 11) is 0. The van der Waals surface area contributed by atoms with E-state index in [0.717, 1.165) is 41.7 Å². The Balaban J connectivity index is 0.000000810. The van der Waals surface area contributed by atoms with Crippen molar-refractivity contribution in [2.24, 2.45) is 0 Å². The zero-order valence-electron chi connectivity index (χ0n) is 9.94. The van der Waals surface area contributed by atoms with Gasteiger partial charge in [-0.1, -0.05) is 6.07 Å². The van der Waals surface area contributed by atoms with Crippen LogP contribution in [-0.4, -0.2) is 15.6 Å². The van der Waals surface area contributed by atoms with Crippen molar-refractivity contribution in [2.45, 2.75) is 25.7 Å². The number of nitrogens with two attached hydrogens (primary N) is 1. The molecule has 1 aliphatic rings. The van der Waals surface area contributed by atoms with Crippen molar-refractivity contribution >= 4 is 29.0 Å². The molecule has 98 valence electrons. The highest BCUT2D eigenvalue weighted by Gasteiger charge is 2.17. The van der Waals surface area contributed by atoms with Gasteiger partial charge in [-0.15, -0.1) is 12.4 Å². The minimum Gasteiger partial charge on any atom is -0.507 e. The summed E-state index contributed by atoms with van der Waals surface area (Å²) in [6.45, 7) is 0.